The van der Waals surface area contributed by atoms with Gasteiger partial charge in [0.05, 0.1) is 26.4 Å². The van der Waals surface area contributed by atoms with E-state index >= 15 is 0 Å². The van der Waals surface area contributed by atoms with E-state index < -0.39 is 0 Å². The third kappa shape index (κ3) is 6.01. The van der Waals surface area contributed by atoms with Crippen LogP contribution in [0.1, 0.15) is 18.1 Å². The highest BCUT2D eigenvalue weighted by Crippen LogP contribution is 2.12. The summed E-state index contributed by atoms with van der Waals surface area (Å²) in [6.45, 7) is 9.10. The van der Waals surface area contributed by atoms with Gasteiger partial charge in [0.25, 0.3) is 0 Å². The quantitative estimate of drug-likeness (QED) is 0.739. The van der Waals surface area contributed by atoms with Gasteiger partial charge in [-0.25, -0.2) is 0 Å². The molecule has 3 nitrogen and oxygen atoms in total. The van der Waals surface area contributed by atoms with Crippen molar-refractivity contribution in [3.05, 3.63) is 42.0 Å². The molecule has 0 radical (unpaired) electrons. The zero-order chi connectivity index (χ0) is 13.5. The van der Waals surface area contributed by atoms with Crippen LogP contribution in [-0.2, 0) is 20.6 Å². The smallest absolute Gasteiger partial charge is 0.104 e. The maximum atomic E-state index is 5.23. The van der Waals surface area contributed by atoms with Crippen LogP contribution in [0.15, 0.2) is 30.8 Å². The molecule has 1 aromatic rings. The van der Waals surface area contributed by atoms with E-state index in [4.69, 9.17) is 14.2 Å². The Kier molecular flexibility index (Phi) is 5.58. The highest BCUT2D eigenvalue weighted by atomic mass is 16.6. The molecule has 3 rings (SSSR count). The van der Waals surface area contributed by atoms with Crippen molar-refractivity contribution in [2.24, 2.45) is 0 Å². The zero-order valence-corrected chi connectivity index (χ0v) is 11.5. The van der Waals surface area contributed by atoms with Crippen molar-refractivity contribution in [2.75, 3.05) is 26.4 Å². The lowest BCUT2D eigenvalue weighted by molar-refractivity contribution is 0.102. The molecule has 2 heterocycles. The number of aryl methyl sites for hydroxylation is 1. The number of hydrogen-bond donors (Lipinski definition) is 0. The van der Waals surface area contributed by atoms with E-state index in [0.29, 0.717) is 12.2 Å². The van der Waals surface area contributed by atoms with Crippen molar-refractivity contribution in [3.8, 4) is 0 Å². The number of benzene rings is 1. The van der Waals surface area contributed by atoms with Crippen LogP contribution in [0.2, 0.25) is 0 Å². The molecule has 2 aliphatic heterocycles. The molecule has 19 heavy (non-hydrogen) atoms. The first-order valence-electron chi connectivity index (χ1n) is 6.84. The van der Waals surface area contributed by atoms with Crippen LogP contribution in [0.25, 0.3) is 6.08 Å². The van der Waals surface area contributed by atoms with Crippen LogP contribution in [0.3, 0.4) is 0 Å². The molecule has 0 amide bonds. The second-order valence-corrected chi connectivity index (χ2v) is 4.75. The molecule has 2 atom stereocenters. The summed E-state index contributed by atoms with van der Waals surface area (Å²) >= 11 is 0. The average Bonchev–Trinajstić information content (AvgIpc) is 3.34. The molecule has 0 spiro atoms. The highest BCUT2D eigenvalue weighted by Gasteiger charge is 2.26. The number of ether oxygens (including phenoxy) is 3. The molecule has 0 saturated carbocycles. The van der Waals surface area contributed by atoms with Gasteiger partial charge in [0.1, 0.15) is 12.2 Å². The van der Waals surface area contributed by atoms with Gasteiger partial charge in [-0.2, -0.15) is 0 Å². The van der Waals surface area contributed by atoms with Crippen molar-refractivity contribution in [2.45, 2.75) is 25.6 Å². The van der Waals surface area contributed by atoms with Gasteiger partial charge in [-0.15, -0.1) is 0 Å². The van der Waals surface area contributed by atoms with E-state index in [9.17, 15) is 0 Å². The van der Waals surface area contributed by atoms with Gasteiger partial charge in [0, 0.05) is 0 Å². The Morgan fingerprint density at radius 1 is 1.16 bits per heavy atom. The van der Waals surface area contributed by atoms with Gasteiger partial charge in [-0.05, 0) is 17.5 Å². The first-order valence-corrected chi connectivity index (χ1v) is 6.84. The van der Waals surface area contributed by atoms with Gasteiger partial charge in [0.2, 0.25) is 0 Å². The van der Waals surface area contributed by atoms with Crippen LogP contribution in [0, 0.1) is 0 Å². The maximum absolute atomic E-state index is 5.23. The predicted octanol–water partition coefficient (Wildman–Crippen LogP) is 2.69. The summed E-state index contributed by atoms with van der Waals surface area (Å²) < 4.78 is 15.1. The summed E-state index contributed by atoms with van der Waals surface area (Å²) in [5.41, 5.74) is 2.57. The van der Waals surface area contributed by atoms with Crippen molar-refractivity contribution in [1.29, 1.82) is 0 Å². The van der Waals surface area contributed by atoms with Crippen molar-refractivity contribution >= 4 is 6.08 Å². The fourth-order valence-corrected chi connectivity index (χ4v) is 1.55. The molecule has 104 valence electrons. The molecule has 0 N–H and O–H groups in total. The first-order chi connectivity index (χ1) is 9.31. The Morgan fingerprint density at radius 2 is 1.68 bits per heavy atom. The monoisotopic (exact) mass is 262 g/mol. The van der Waals surface area contributed by atoms with Gasteiger partial charge >= 0.3 is 0 Å². The summed E-state index contributed by atoms with van der Waals surface area (Å²) in [5.74, 6) is 0. The Balaban J connectivity index is 0.000000141. The van der Waals surface area contributed by atoms with Crippen molar-refractivity contribution in [1.82, 2.24) is 0 Å². The summed E-state index contributed by atoms with van der Waals surface area (Å²) in [4.78, 5) is 0. The summed E-state index contributed by atoms with van der Waals surface area (Å²) in [6, 6.07) is 8.45. The average molecular weight is 262 g/mol. The van der Waals surface area contributed by atoms with E-state index in [1.165, 1.54) is 11.1 Å². The maximum Gasteiger partial charge on any atom is 0.104 e. The third-order valence-corrected chi connectivity index (χ3v) is 3.04. The van der Waals surface area contributed by atoms with Crippen LogP contribution in [-0.4, -0.2) is 38.6 Å². The molecular formula is C16H22O3. The lowest BCUT2D eigenvalue weighted by Gasteiger charge is -1.95. The number of hydrogen-bond acceptors (Lipinski definition) is 3. The van der Waals surface area contributed by atoms with Crippen molar-refractivity contribution in [3.63, 3.8) is 0 Å². The van der Waals surface area contributed by atoms with E-state index in [1.807, 2.05) is 6.08 Å². The van der Waals surface area contributed by atoms with E-state index in [2.05, 4.69) is 37.8 Å². The third-order valence-electron chi connectivity index (χ3n) is 3.04. The Labute approximate surface area is 115 Å². The molecule has 2 fully saturated rings. The summed E-state index contributed by atoms with van der Waals surface area (Å²) in [5, 5.41) is 0. The van der Waals surface area contributed by atoms with E-state index in [-0.39, 0.29) is 0 Å². The van der Waals surface area contributed by atoms with E-state index in [0.717, 1.165) is 32.8 Å². The summed E-state index contributed by atoms with van der Waals surface area (Å²) in [6.07, 6.45) is 3.75. The van der Waals surface area contributed by atoms with Gasteiger partial charge < -0.3 is 14.2 Å². The molecule has 2 aliphatic rings. The fourth-order valence-electron chi connectivity index (χ4n) is 1.55. The lowest BCUT2D eigenvalue weighted by atomic mass is 10.1. The Bertz CT molecular complexity index is 365. The molecule has 0 bridgehead atoms. The molecule has 3 heteroatoms. The van der Waals surface area contributed by atoms with Crippen molar-refractivity contribution < 1.29 is 14.2 Å². The van der Waals surface area contributed by atoms with Crippen LogP contribution in [0.5, 0.6) is 0 Å². The van der Waals surface area contributed by atoms with Crippen LogP contribution in [0.4, 0.5) is 0 Å². The topological polar surface area (TPSA) is 34.3 Å². The molecular weight excluding hydrogens is 240 g/mol. The normalized spacial score (nSPS) is 23.2. The number of epoxide rings is 2. The summed E-state index contributed by atoms with van der Waals surface area (Å²) in [7, 11) is 0. The molecule has 2 unspecified atom stereocenters. The lowest BCUT2D eigenvalue weighted by Crippen LogP contribution is -2.06. The zero-order valence-electron chi connectivity index (χ0n) is 11.5. The van der Waals surface area contributed by atoms with Gasteiger partial charge in [-0.3, -0.25) is 0 Å². The molecule has 2 saturated heterocycles. The molecule has 0 aliphatic carbocycles. The molecule has 0 aromatic heterocycles. The minimum absolute atomic E-state index is 0.392. The van der Waals surface area contributed by atoms with Gasteiger partial charge in [-0.1, -0.05) is 43.8 Å². The fraction of sp³-hybridized carbons (Fsp3) is 0.500. The second-order valence-electron chi connectivity index (χ2n) is 4.75. The first kappa shape index (κ1) is 14.3. The largest absolute Gasteiger partial charge is 0.376 e. The standard InChI is InChI=1S/C10H12.C6H10O3/c1-3-9-5-7-10(4-2)8-6-9;1(5-3-8-5)7-2-6-4-9-6/h3,5-8H,1,4H2,2H3;5-6H,1-4H2. The van der Waals surface area contributed by atoms with Crippen LogP contribution < -0.4 is 0 Å². The Morgan fingerprint density at radius 3 is 2.05 bits per heavy atom. The van der Waals surface area contributed by atoms with Crippen LogP contribution >= 0.6 is 0 Å². The minimum Gasteiger partial charge on any atom is -0.376 e. The minimum atomic E-state index is 0.392. The highest BCUT2D eigenvalue weighted by molar-refractivity contribution is 5.47. The Hall–Kier alpha value is -1.16. The second kappa shape index (κ2) is 7.43. The number of rotatable bonds is 6. The van der Waals surface area contributed by atoms with E-state index in [1.54, 1.807) is 0 Å². The predicted molar refractivity (Wildman–Crippen MR) is 76.2 cm³/mol. The molecule has 1 aromatic carbocycles. The SMILES string of the molecule is C(OCC1CO1)C1CO1.C=Cc1ccc(CC)cc1. The van der Waals surface area contributed by atoms with Gasteiger partial charge in [0.15, 0.2) is 0 Å².